The lowest BCUT2D eigenvalue weighted by Crippen LogP contribution is -2.47. The third-order valence-corrected chi connectivity index (χ3v) is 8.68. The van der Waals surface area contributed by atoms with E-state index >= 15 is 0 Å². The minimum absolute atomic E-state index is 0.180. The van der Waals surface area contributed by atoms with E-state index in [-0.39, 0.29) is 11.5 Å². The van der Waals surface area contributed by atoms with Crippen molar-refractivity contribution in [1.29, 1.82) is 5.26 Å². The maximum absolute atomic E-state index is 12.3. The zero-order valence-electron chi connectivity index (χ0n) is 22.0. The number of aromatic nitrogens is 1. The van der Waals surface area contributed by atoms with Gasteiger partial charge >= 0.3 is 0 Å². The van der Waals surface area contributed by atoms with E-state index in [9.17, 15) is 8.42 Å². The minimum atomic E-state index is -2.59. The molecule has 0 unspecified atom stereocenters. The van der Waals surface area contributed by atoms with Crippen LogP contribution in [0.25, 0.3) is 0 Å². The predicted octanol–water partition coefficient (Wildman–Crippen LogP) is 2.89. The molecule has 1 saturated heterocycles. The Bertz CT molecular complexity index is 931. The molecule has 10 nitrogen and oxygen atoms in total. The fraction of sp³-hybridized carbons (Fsp3) is 0.731. The molecule has 2 N–H and O–H groups in total. The van der Waals surface area contributed by atoms with E-state index in [1.807, 2.05) is 21.3 Å². The normalized spacial score (nSPS) is 18.4. The lowest BCUT2D eigenvalue weighted by atomic mass is 9.91. The summed E-state index contributed by atoms with van der Waals surface area (Å²) in [6.45, 7) is 5.84. The summed E-state index contributed by atoms with van der Waals surface area (Å²) in [5, 5.41) is 8.88. The Kier molecular flexibility index (Phi) is 12.6. The van der Waals surface area contributed by atoms with E-state index in [1.165, 1.54) is 0 Å². The fourth-order valence-electron chi connectivity index (χ4n) is 5.69. The molecule has 206 valence electrons. The second-order valence-electron chi connectivity index (χ2n) is 10.0. The highest BCUT2D eigenvalue weighted by Crippen LogP contribution is 2.39. The molecule has 1 aromatic rings. The first-order chi connectivity index (χ1) is 18.1. The van der Waals surface area contributed by atoms with Gasteiger partial charge in [-0.3, -0.25) is 9.88 Å². The number of unbranched alkanes of at least 4 members (excludes halogenated alkanes) is 4. The van der Waals surface area contributed by atoms with Crippen LogP contribution >= 0.6 is 0 Å². The van der Waals surface area contributed by atoms with Gasteiger partial charge in [0.25, 0.3) is 0 Å². The molecule has 1 aromatic heterocycles. The van der Waals surface area contributed by atoms with E-state index < -0.39 is 10.9 Å². The molecule has 0 aromatic carbocycles. The number of anilines is 1. The van der Waals surface area contributed by atoms with Crippen LogP contribution in [0.3, 0.4) is 0 Å². The fourth-order valence-corrected chi connectivity index (χ4v) is 6.64. The molecule has 0 radical (unpaired) electrons. The van der Waals surface area contributed by atoms with Crippen LogP contribution < -0.4 is 10.6 Å². The summed E-state index contributed by atoms with van der Waals surface area (Å²) >= 11 is 0. The second-order valence-corrected chi connectivity index (χ2v) is 11.0. The molecule has 0 atom stereocenters. The van der Waals surface area contributed by atoms with Gasteiger partial charge in [-0.05, 0) is 57.2 Å². The first-order valence-corrected chi connectivity index (χ1v) is 14.8. The maximum Gasteiger partial charge on any atom is 0.211 e. The summed E-state index contributed by atoms with van der Waals surface area (Å²) in [5.41, 5.74) is 6.66. The van der Waals surface area contributed by atoms with Gasteiger partial charge in [-0.2, -0.15) is 9.57 Å². The summed E-state index contributed by atoms with van der Waals surface area (Å²) in [6.07, 6.45) is 16.1. The van der Waals surface area contributed by atoms with Crippen molar-refractivity contribution in [1.82, 2.24) is 14.2 Å². The molecule has 2 aliphatic rings. The van der Waals surface area contributed by atoms with Gasteiger partial charge in [0.05, 0.1) is 13.2 Å². The summed E-state index contributed by atoms with van der Waals surface area (Å²) in [4.78, 5) is 12.0. The third kappa shape index (κ3) is 9.21. The molecule has 37 heavy (non-hydrogen) atoms. The first kappa shape index (κ1) is 29.3. The molecule has 1 saturated carbocycles. The van der Waals surface area contributed by atoms with Crippen molar-refractivity contribution >= 4 is 22.5 Å². The molecule has 1 aliphatic carbocycles. The number of morpholine rings is 1. The van der Waals surface area contributed by atoms with Crippen molar-refractivity contribution < 1.29 is 13.2 Å². The first-order valence-electron chi connectivity index (χ1n) is 13.7. The molecule has 2 fully saturated rings. The number of nitriles is 1. The summed E-state index contributed by atoms with van der Waals surface area (Å²) in [6, 6.07) is 3.69. The van der Waals surface area contributed by atoms with E-state index in [4.69, 9.17) is 15.7 Å². The van der Waals surface area contributed by atoms with Gasteiger partial charge < -0.3 is 15.4 Å². The smallest absolute Gasteiger partial charge is 0.211 e. The second kappa shape index (κ2) is 15.9. The zero-order chi connectivity index (χ0) is 26.3. The van der Waals surface area contributed by atoms with E-state index in [0.29, 0.717) is 13.1 Å². The van der Waals surface area contributed by atoms with Gasteiger partial charge in [0, 0.05) is 49.8 Å². The summed E-state index contributed by atoms with van der Waals surface area (Å²) in [5.74, 6) is 0.180. The maximum atomic E-state index is 12.3. The number of nitrogens with zero attached hydrogens (tertiary/aromatic N) is 6. The largest absolute Gasteiger partial charge is 0.379 e. The SMILES string of the molecule is N#CN=C(N)N(CCCCCCCN([SH](=O)=O)C1(CCCN2CCOCC2)CCCC1)c1ccncc1. The Morgan fingerprint density at radius 1 is 1.08 bits per heavy atom. The van der Waals surface area contributed by atoms with Gasteiger partial charge in [0.2, 0.25) is 23.0 Å². The third-order valence-electron chi connectivity index (χ3n) is 7.67. The van der Waals surface area contributed by atoms with Crippen LogP contribution in [-0.2, 0) is 15.6 Å². The Balaban J connectivity index is 1.42. The molecule has 11 heteroatoms. The number of guanidine groups is 1. The Morgan fingerprint density at radius 2 is 1.73 bits per heavy atom. The van der Waals surface area contributed by atoms with Gasteiger partial charge in [-0.15, -0.1) is 4.99 Å². The van der Waals surface area contributed by atoms with Crippen LogP contribution in [0.2, 0.25) is 0 Å². The monoisotopic (exact) mass is 533 g/mol. The molecular weight excluding hydrogens is 490 g/mol. The lowest BCUT2D eigenvalue weighted by Gasteiger charge is -2.38. The van der Waals surface area contributed by atoms with Crippen LogP contribution in [0.1, 0.15) is 70.6 Å². The highest BCUT2D eigenvalue weighted by molar-refractivity contribution is 7.69. The standard InChI is InChI=1S/C26H43N7O3S/c27-23-30-25(28)32(24-9-14-29-15-10-24)17-6-2-1-3-7-18-33(37(34)35)26(11-4-5-12-26)13-8-16-31-19-21-36-22-20-31/h9-10,14-15,37H,1-8,11-13,16-22H2,(H2,28,30). The molecular formula is C26H43N7O3S. The van der Waals surface area contributed by atoms with Crippen LogP contribution in [0.5, 0.6) is 0 Å². The van der Waals surface area contributed by atoms with Crippen LogP contribution in [-0.4, -0.2) is 80.0 Å². The summed E-state index contributed by atoms with van der Waals surface area (Å²) in [7, 11) is -2.59. The highest BCUT2D eigenvalue weighted by Gasteiger charge is 2.40. The number of nitrogens with two attached hydrogens (primary N) is 1. The van der Waals surface area contributed by atoms with E-state index in [2.05, 4.69) is 14.9 Å². The Hall–Kier alpha value is -2.26. The average Bonchev–Trinajstić information content (AvgIpc) is 3.38. The summed E-state index contributed by atoms with van der Waals surface area (Å²) < 4.78 is 31.9. The number of rotatable bonds is 15. The predicted molar refractivity (Wildman–Crippen MR) is 147 cm³/mol. The van der Waals surface area contributed by atoms with Crippen LogP contribution in [0, 0.1) is 11.5 Å². The minimum Gasteiger partial charge on any atom is -0.379 e. The number of aliphatic imine (C=N–C) groups is 1. The number of ether oxygens (including phenoxy) is 1. The van der Waals surface area contributed by atoms with Crippen molar-refractivity contribution in [2.75, 3.05) is 50.8 Å². The lowest BCUT2D eigenvalue weighted by molar-refractivity contribution is 0.0351. The quantitative estimate of drug-likeness (QED) is 0.116. The van der Waals surface area contributed by atoms with E-state index in [0.717, 1.165) is 109 Å². The van der Waals surface area contributed by atoms with Crippen LogP contribution in [0.4, 0.5) is 5.69 Å². The highest BCUT2D eigenvalue weighted by atomic mass is 32.2. The Labute approximate surface area is 223 Å². The number of hydrogen-bond donors (Lipinski definition) is 2. The van der Waals surface area contributed by atoms with E-state index in [1.54, 1.807) is 18.6 Å². The van der Waals surface area contributed by atoms with Gasteiger partial charge in [-0.1, -0.05) is 32.1 Å². The van der Waals surface area contributed by atoms with Crippen molar-refractivity contribution in [3.63, 3.8) is 0 Å². The number of pyridine rings is 1. The number of hydrogen-bond acceptors (Lipinski definition) is 7. The van der Waals surface area contributed by atoms with Gasteiger partial charge in [0.1, 0.15) is 0 Å². The van der Waals surface area contributed by atoms with Crippen molar-refractivity contribution in [2.24, 2.45) is 10.7 Å². The zero-order valence-corrected chi connectivity index (χ0v) is 22.9. The molecule has 2 heterocycles. The van der Waals surface area contributed by atoms with Crippen molar-refractivity contribution in [3.8, 4) is 6.19 Å². The van der Waals surface area contributed by atoms with Gasteiger partial charge in [-0.25, -0.2) is 8.42 Å². The average molecular weight is 534 g/mol. The van der Waals surface area contributed by atoms with Crippen LogP contribution in [0.15, 0.2) is 29.5 Å². The molecule has 1 aliphatic heterocycles. The topological polar surface area (TPSA) is 128 Å². The number of thiol groups is 1. The van der Waals surface area contributed by atoms with Crippen molar-refractivity contribution in [2.45, 2.75) is 76.2 Å². The Morgan fingerprint density at radius 3 is 2.38 bits per heavy atom. The van der Waals surface area contributed by atoms with Gasteiger partial charge in [0.15, 0.2) is 0 Å². The molecule has 0 spiro atoms. The van der Waals surface area contributed by atoms with Crippen molar-refractivity contribution in [3.05, 3.63) is 24.5 Å². The molecule has 0 bridgehead atoms. The molecule has 3 rings (SSSR count). The molecule has 0 amide bonds.